The highest BCUT2D eigenvalue weighted by molar-refractivity contribution is 9.11. The number of halogens is 4. The van der Waals surface area contributed by atoms with Gasteiger partial charge in [0.1, 0.15) is 5.82 Å². The van der Waals surface area contributed by atoms with E-state index in [1.165, 1.54) is 35.2 Å². The first-order chi connectivity index (χ1) is 12.4. The summed E-state index contributed by atoms with van der Waals surface area (Å²) in [7, 11) is 0. The lowest BCUT2D eigenvalue weighted by Gasteiger charge is -2.07. The van der Waals surface area contributed by atoms with Crippen molar-refractivity contribution in [2.75, 3.05) is 11.1 Å². The molecule has 3 aromatic rings. The molecule has 0 radical (unpaired) electrons. The van der Waals surface area contributed by atoms with Gasteiger partial charge >= 0.3 is 0 Å². The summed E-state index contributed by atoms with van der Waals surface area (Å²) in [6, 6.07) is 11.8. The predicted molar refractivity (Wildman–Crippen MR) is 114 cm³/mol. The molecule has 1 aromatic heterocycles. The van der Waals surface area contributed by atoms with Gasteiger partial charge in [0, 0.05) is 14.5 Å². The Morgan fingerprint density at radius 3 is 2.77 bits per heavy atom. The van der Waals surface area contributed by atoms with Crippen molar-refractivity contribution < 1.29 is 9.18 Å². The van der Waals surface area contributed by atoms with Gasteiger partial charge in [-0.15, -0.1) is 11.8 Å². The Morgan fingerprint density at radius 2 is 2.04 bits per heavy atom. The second kappa shape index (κ2) is 8.84. The number of anilines is 1. The van der Waals surface area contributed by atoms with Crippen LogP contribution in [0.3, 0.4) is 0 Å². The van der Waals surface area contributed by atoms with Gasteiger partial charge in [-0.05, 0) is 24.3 Å². The fourth-order valence-corrected chi connectivity index (χ4v) is 5.62. The molecule has 0 bridgehead atoms. The number of nitrogens with zero attached hydrogens (tertiary/aromatic N) is 1. The maximum Gasteiger partial charge on any atom is 0.234 e. The highest BCUT2D eigenvalue weighted by atomic mass is 79.9. The molecule has 0 saturated heterocycles. The molecule has 134 valence electrons. The van der Waals surface area contributed by atoms with Crippen molar-refractivity contribution in [2.24, 2.45) is 0 Å². The molecule has 0 unspecified atom stereocenters. The minimum Gasteiger partial charge on any atom is -0.323 e. The van der Waals surface area contributed by atoms with Crippen molar-refractivity contribution in [1.82, 2.24) is 4.98 Å². The Labute approximate surface area is 179 Å². The van der Waals surface area contributed by atoms with Crippen molar-refractivity contribution in [3.05, 3.63) is 61.7 Å². The van der Waals surface area contributed by atoms with Gasteiger partial charge in [-0.2, -0.15) is 0 Å². The molecule has 0 saturated carbocycles. The van der Waals surface area contributed by atoms with Crippen LogP contribution in [0.1, 0.15) is 0 Å². The van der Waals surface area contributed by atoms with E-state index in [0.717, 1.165) is 18.7 Å². The van der Waals surface area contributed by atoms with E-state index in [9.17, 15) is 9.18 Å². The SMILES string of the molecule is O=C(CSc1sc(Cl)nc1-c1ccc(Br)cc1Br)Nc1ccccc1F. The van der Waals surface area contributed by atoms with Crippen LogP contribution in [0.15, 0.2) is 55.6 Å². The van der Waals surface area contributed by atoms with Crippen LogP contribution < -0.4 is 5.32 Å². The Bertz CT molecular complexity index is 968. The molecule has 2 aromatic carbocycles. The summed E-state index contributed by atoms with van der Waals surface area (Å²) in [6.45, 7) is 0. The van der Waals surface area contributed by atoms with E-state index >= 15 is 0 Å². The van der Waals surface area contributed by atoms with Gasteiger partial charge in [0.2, 0.25) is 5.91 Å². The number of aromatic nitrogens is 1. The number of benzene rings is 2. The zero-order valence-electron chi connectivity index (χ0n) is 12.9. The van der Waals surface area contributed by atoms with Crippen LogP contribution in [0, 0.1) is 5.82 Å². The molecule has 0 fully saturated rings. The lowest BCUT2D eigenvalue weighted by atomic mass is 10.2. The first-order valence-electron chi connectivity index (χ1n) is 7.23. The van der Waals surface area contributed by atoms with Gasteiger partial charge < -0.3 is 5.32 Å². The first-order valence-corrected chi connectivity index (χ1v) is 11.0. The minimum atomic E-state index is -0.467. The molecule has 0 aliphatic heterocycles. The predicted octanol–water partition coefficient (Wildman–Crippen LogP) is 6.86. The fourth-order valence-electron chi connectivity index (χ4n) is 2.11. The van der Waals surface area contributed by atoms with E-state index in [4.69, 9.17) is 11.6 Å². The number of carbonyl (C=O) groups excluding carboxylic acids is 1. The standard InChI is InChI=1S/C17H10Br2ClFN2OS2/c18-9-5-6-10(11(19)7-9)15-16(26-17(20)23-15)25-8-14(24)22-13-4-2-1-3-12(13)21/h1-7H,8H2,(H,22,24). The van der Waals surface area contributed by atoms with Crippen LogP contribution in [0.25, 0.3) is 11.3 Å². The summed E-state index contributed by atoms with van der Waals surface area (Å²) < 4.78 is 16.6. The topological polar surface area (TPSA) is 42.0 Å². The summed E-state index contributed by atoms with van der Waals surface area (Å²) in [5, 5.41) is 2.57. The van der Waals surface area contributed by atoms with E-state index in [-0.39, 0.29) is 17.3 Å². The molecular weight excluding hydrogens is 527 g/mol. The highest BCUT2D eigenvalue weighted by Crippen LogP contribution is 2.41. The molecular formula is C17H10Br2ClFN2OS2. The average molecular weight is 537 g/mol. The number of hydrogen-bond donors (Lipinski definition) is 1. The van der Waals surface area contributed by atoms with Crippen molar-refractivity contribution in [3.63, 3.8) is 0 Å². The molecule has 9 heteroatoms. The Hall–Kier alpha value is -0.930. The van der Waals surface area contributed by atoms with Gasteiger partial charge in [0.05, 0.1) is 21.3 Å². The molecule has 0 spiro atoms. The van der Waals surface area contributed by atoms with Crippen LogP contribution in [-0.2, 0) is 4.79 Å². The quantitative estimate of drug-likeness (QED) is 0.362. The number of nitrogens with one attached hydrogen (secondary N) is 1. The smallest absolute Gasteiger partial charge is 0.234 e. The largest absolute Gasteiger partial charge is 0.323 e. The average Bonchev–Trinajstić information content (AvgIpc) is 2.95. The number of carbonyl (C=O) groups is 1. The summed E-state index contributed by atoms with van der Waals surface area (Å²) in [5.41, 5.74) is 1.76. The van der Waals surface area contributed by atoms with Gasteiger partial charge in [-0.3, -0.25) is 4.79 Å². The second-order valence-electron chi connectivity index (χ2n) is 5.04. The Balaban J connectivity index is 1.74. The first kappa shape index (κ1) is 19.8. The minimum absolute atomic E-state index is 0.119. The third-order valence-electron chi connectivity index (χ3n) is 3.24. The maximum atomic E-state index is 13.6. The number of para-hydroxylation sites is 1. The number of amides is 1. The van der Waals surface area contributed by atoms with E-state index in [1.807, 2.05) is 18.2 Å². The van der Waals surface area contributed by atoms with E-state index < -0.39 is 5.82 Å². The monoisotopic (exact) mass is 534 g/mol. The lowest BCUT2D eigenvalue weighted by Crippen LogP contribution is -2.14. The Kier molecular flexibility index (Phi) is 6.74. The molecule has 0 atom stereocenters. The van der Waals surface area contributed by atoms with E-state index in [1.54, 1.807) is 12.1 Å². The van der Waals surface area contributed by atoms with Crippen LogP contribution >= 0.6 is 66.6 Å². The van der Waals surface area contributed by atoms with Gasteiger partial charge in [-0.25, -0.2) is 9.37 Å². The fraction of sp³-hybridized carbons (Fsp3) is 0.0588. The molecule has 0 aliphatic rings. The van der Waals surface area contributed by atoms with E-state index in [2.05, 4.69) is 42.2 Å². The van der Waals surface area contributed by atoms with Crippen LogP contribution in [-0.4, -0.2) is 16.6 Å². The highest BCUT2D eigenvalue weighted by Gasteiger charge is 2.17. The summed E-state index contributed by atoms with van der Waals surface area (Å²) in [4.78, 5) is 16.5. The molecule has 3 rings (SSSR count). The van der Waals surface area contributed by atoms with Crippen LogP contribution in [0.2, 0.25) is 4.47 Å². The van der Waals surface area contributed by atoms with Gasteiger partial charge in [-0.1, -0.05) is 73.0 Å². The molecule has 0 aliphatic carbocycles. The van der Waals surface area contributed by atoms with Gasteiger partial charge in [0.25, 0.3) is 0 Å². The normalized spacial score (nSPS) is 10.8. The molecule has 3 nitrogen and oxygen atoms in total. The van der Waals surface area contributed by atoms with Crippen molar-refractivity contribution in [1.29, 1.82) is 0 Å². The molecule has 1 heterocycles. The summed E-state index contributed by atoms with van der Waals surface area (Å²) in [6.07, 6.45) is 0. The third-order valence-corrected chi connectivity index (χ3v) is 6.81. The third kappa shape index (κ3) is 4.86. The summed E-state index contributed by atoms with van der Waals surface area (Å²) >= 11 is 15.6. The van der Waals surface area contributed by atoms with Crippen molar-refractivity contribution in [2.45, 2.75) is 4.21 Å². The summed E-state index contributed by atoms with van der Waals surface area (Å²) in [5.74, 6) is -0.648. The zero-order valence-corrected chi connectivity index (χ0v) is 18.5. The number of rotatable bonds is 5. The van der Waals surface area contributed by atoms with Crippen LogP contribution in [0.4, 0.5) is 10.1 Å². The van der Waals surface area contributed by atoms with E-state index in [0.29, 0.717) is 10.2 Å². The zero-order chi connectivity index (χ0) is 18.7. The number of thiazole rings is 1. The van der Waals surface area contributed by atoms with Crippen molar-refractivity contribution in [3.8, 4) is 11.3 Å². The maximum absolute atomic E-state index is 13.6. The molecule has 1 N–H and O–H groups in total. The number of hydrogen-bond acceptors (Lipinski definition) is 4. The second-order valence-corrected chi connectivity index (χ2v) is 9.64. The van der Waals surface area contributed by atoms with Gasteiger partial charge in [0.15, 0.2) is 4.47 Å². The lowest BCUT2D eigenvalue weighted by molar-refractivity contribution is -0.113. The van der Waals surface area contributed by atoms with Crippen molar-refractivity contribution >= 4 is 78.2 Å². The number of thioether (sulfide) groups is 1. The Morgan fingerprint density at radius 1 is 1.27 bits per heavy atom. The molecule has 26 heavy (non-hydrogen) atoms. The van der Waals surface area contributed by atoms with Crippen LogP contribution in [0.5, 0.6) is 0 Å². The molecule has 1 amide bonds.